The number of carbonyl (C=O) groups is 2. The highest BCUT2D eigenvalue weighted by molar-refractivity contribution is 5.74. The molecule has 17 heavy (non-hydrogen) atoms. The lowest BCUT2D eigenvalue weighted by Crippen LogP contribution is -2.42. The zero-order chi connectivity index (χ0) is 13.1. The van der Waals surface area contributed by atoms with Gasteiger partial charge in [-0.3, -0.25) is 0 Å². The molecule has 0 bridgehead atoms. The maximum Gasteiger partial charge on any atom is 0.329 e. The molecule has 100 valence electrons. The minimum Gasteiger partial charge on any atom is -0.480 e. The van der Waals surface area contributed by atoms with Crippen LogP contribution in [0.5, 0.6) is 0 Å². The van der Waals surface area contributed by atoms with E-state index in [9.17, 15) is 9.59 Å². The molecule has 0 aliphatic heterocycles. The van der Waals surface area contributed by atoms with E-state index in [0.717, 1.165) is 19.3 Å². The van der Waals surface area contributed by atoms with Gasteiger partial charge < -0.3 is 20.5 Å². The summed E-state index contributed by atoms with van der Waals surface area (Å²) >= 11 is 0. The predicted octanol–water partition coefficient (Wildman–Crippen LogP) is 0.965. The third kappa shape index (κ3) is 11.0. The van der Waals surface area contributed by atoms with Gasteiger partial charge >= 0.3 is 12.0 Å². The lowest BCUT2D eigenvalue weighted by atomic mass is 10.1. The molecule has 6 heteroatoms. The molecule has 0 aromatic heterocycles. The Hall–Kier alpha value is -1.30. The molecule has 0 aliphatic rings. The number of carbonyl (C=O) groups excluding carboxylic acids is 1. The number of hydrogen-bond donors (Lipinski definition) is 3. The molecule has 1 unspecified atom stereocenters. The maximum absolute atomic E-state index is 11.3. The van der Waals surface area contributed by atoms with Crippen molar-refractivity contribution in [2.24, 2.45) is 0 Å². The minimum absolute atomic E-state index is 0.148. The van der Waals surface area contributed by atoms with E-state index in [4.69, 9.17) is 9.84 Å². The number of nitrogens with one attached hydrogen (secondary N) is 2. The van der Waals surface area contributed by atoms with Crippen LogP contribution in [0.2, 0.25) is 0 Å². The number of carboxylic acid groups (broad SMARTS) is 1. The Balaban J connectivity index is 3.42. The molecule has 3 N–H and O–H groups in total. The second-order valence-electron chi connectivity index (χ2n) is 3.89. The van der Waals surface area contributed by atoms with Gasteiger partial charge in [-0.2, -0.15) is 0 Å². The van der Waals surface area contributed by atoms with Crippen LogP contribution in [0, 0.1) is 0 Å². The molecule has 2 amide bonds. The number of ether oxygens (including phenoxy) is 1. The van der Waals surface area contributed by atoms with Gasteiger partial charge in [-0.05, 0) is 13.3 Å². The van der Waals surface area contributed by atoms with Crippen LogP contribution in [0.25, 0.3) is 0 Å². The van der Waals surface area contributed by atoms with Crippen molar-refractivity contribution in [3.8, 4) is 0 Å². The summed E-state index contributed by atoms with van der Waals surface area (Å²) in [5, 5.41) is 13.7. The van der Waals surface area contributed by atoms with E-state index in [1.54, 1.807) is 0 Å². The summed E-state index contributed by atoms with van der Waals surface area (Å²) in [6.07, 6.45) is 3.15. The number of unbranched alkanes of at least 4 members (excludes halogenated alkanes) is 1. The predicted molar refractivity (Wildman–Crippen MR) is 64.0 cm³/mol. The van der Waals surface area contributed by atoms with E-state index in [-0.39, 0.29) is 25.3 Å². The standard InChI is InChI=1S/C11H22N2O4/c1-3-4-5-9(2)13-11(16)12-6-7-17-8-10(14)15/h9H,3-8H2,1-2H3,(H,14,15)(H2,12,13,16). The van der Waals surface area contributed by atoms with Crippen LogP contribution in [-0.4, -0.2) is 42.9 Å². The molecule has 0 aliphatic carbocycles. The first kappa shape index (κ1) is 15.7. The van der Waals surface area contributed by atoms with Crippen molar-refractivity contribution < 1.29 is 19.4 Å². The minimum atomic E-state index is -1.01. The Kier molecular flexibility index (Phi) is 9.14. The SMILES string of the molecule is CCCCC(C)NC(=O)NCCOCC(=O)O. The molecule has 6 nitrogen and oxygen atoms in total. The van der Waals surface area contributed by atoms with Gasteiger partial charge in [-0.25, -0.2) is 9.59 Å². The molecular weight excluding hydrogens is 224 g/mol. The van der Waals surface area contributed by atoms with Gasteiger partial charge in [0, 0.05) is 12.6 Å². The largest absolute Gasteiger partial charge is 0.480 e. The number of urea groups is 1. The van der Waals surface area contributed by atoms with Gasteiger partial charge in [0.05, 0.1) is 6.61 Å². The fourth-order valence-corrected chi connectivity index (χ4v) is 1.25. The van der Waals surface area contributed by atoms with Gasteiger partial charge in [0.25, 0.3) is 0 Å². The van der Waals surface area contributed by atoms with E-state index < -0.39 is 5.97 Å². The number of hydrogen-bond acceptors (Lipinski definition) is 3. The van der Waals surface area contributed by atoms with Crippen LogP contribution >= 0.6 is 0 Å². The Bertz CT molecular complexity index is 234. The van der Waals surface area contributed by atoms with Crippen molar-refractivity contribution in [2.45, 2.75) is 39.2 Å². The smallest absolute Gasteiger partial charge is 0.329 e. The molecule has 0 saturated carbocycles. The molecule has 0 radical (unpaired) electrons. The van der Waals surface area contributed by atoms with E-state index >= 15 is 0 Å². The van der Waals surface area contributed by atoms with Crippen molar-refractivity contribution in [3.63, 3.8) is 0 Å². The molecular formula is C11H22N2O4. The fraction of sp³-hybridized carbons (Fsp3) is 0.818. The molecule has 1 atom stereocenters. The van der Waals surface area contributed by atoms with Crippen molar-refractivity contribution in [2.75, 3.05) is 19.8 Å². The zero-order valence-corrected chi connectivity index (χ0v) is 10.5. The van der Waals surface area contributed by atoms with E-state index in [0.29, 0.717) is 6.54 Å². The molecule has 0 saturated heterocycles. The summed E-state index contributed by atoms with van der Waals surface area (Å²) in [7, 11) is 0. The van der Waals surface area contributed by atoms with Crippen LogP contribution in [0.3, 0.4) is 0 Å². The summed E-state index contributed by atoms with van der Waals surface area (Å²) in [6.45, 7) is 4.22. The second-order valence-corrected chi connectivity index (χ2v) is 3.89. The second kappa shape index (κ2) is 9.89. The van der Waals surface area contributed by atoms with E-state index in [1.165, 1.54) is 0 Å². The summed E-state index contributed by atoms with van der Waals surface area (Å²) in [5.41, 5.74) is 0. The topological polar surface area (TPSA) is 87.7 Å². The average Bonchev–Trinajstić information content (AvgIpc) is 2.25. The number of carboxylic acids is 1. The first-order valence-electron chi connectivity index (χ1n) is 5.90. The van der Waals surface area contributed by atoms with Crippen molar-refractivity contribution in [3.05, 3.63) is 0 Å². The third-order valence-electron chi connectivity index (χ3n) is 2.13. The number of amides is 2. The Morgan fingerprint density at radius 3 is 2.71 bits per heavy atom. The monoisotopic (exact) mass is 246 g/mol. The molecule has 0 heterocycles. The quantitative estimate of drug-likeness (QED) is 0.529. The first-order valence-corrected chi connectivity index (χ1v) is 5.90. The lowest BCUT2D eigenvalue weighted by molar-refractivity contribution is -0.142. The molecule has 0 aromatic rings. The Morgan fingerprint density at radius 2 is 2.12 bits per heavy atom. The Morgan fingerprint density at radius 1 is 1.41 bits per heavy atom. The van der Waals surface area contributed by atoms with Crippen LogP contribution in [0.1, 0.15) is 33.1 Å². The maximum atomic E-state index is 11.3. The van der Waals surface area contributed by atoms with Crippen molar-refractivity contribution in [1.29, 1.82) is 0 Å². The van der Waals surface area contributed by atoms with Gasteiger partial charge in [0.1, 0.15) is 6.61 Å². The fourth-order valence-electron chi connectivity index (χ4n) is 1.25. The van der Waals surface area contributed by atoms with E-state index in [2.05, 4.69) is 17.6 Å². The normalized spacial score (nSPS) is 11.9. The number of aliphatic carboxylic acids is 1. The highest BCUT2D eigenvalue weighted by atomic mass is 16.5. The van der Waals surface area contributed by atoms with Crippen molar-refractivity contribution in [1.82, 2.24) is 10.6 Å². The molecule has 0 rings (SSSR count). The van der Waals surface area contributed by atoms with Crippen LogP contribution in [0.15, 0.2) is 0 Å². The highest BCUT2D eigenvalue weighted by Gasteiger charge is 2.05. The van der Waals surface area contributed by atoms with Crippen molar-refractivity contribution >= 4 is 12.0 Å². The van der Waals surface area contributed by atoms with Gasteiger partial charge in [-0.1, -0.05) is 19.8 Å². The number of rotatable bonds is 9. The summed E-state index contributed by atoms with van der Waals surface area (Å²) in [6, 6.07) is -0.0950. The van der Waals surface area contributed by atoms with Crippen LogP contribution in [-0.2, 0) is 9.53 Å². The van der Waals surface area contributed by atoms with Gasteiger partial charge in [0.2, 0.25) is 0 Å². The summed E-state index contributed by atoms with van der Waals surface area (Å²) in [5.74, 6) is -1.01. The third-order valence-corrected chi connectivity index (χ3v) is 2.13. The zero-order valence-electron chi connectivity index (χ0n) is 10.5. The van der Waals surface area contributed by atoms with E-state index in [1.807, 2.05) is 6.92 Å². The molecule has 0 spiro atoms. The van der Waals surface area contributed by atoms with Gasteiger partial charge in [0.15, 0.2) is 0 Å². The highest BCUT2D eigenvalue weighted by Crippen LogP contribution is 1.98. The molecule has 0 aromatic carbocycles. The van der Waals surface area contributed by atoms with Crippen LogP contribution < -0.4 is 10.6 Å². The lowest BCUT2D eigenvalue weighted by Gasteiger charge is -2.14. The summed E-state index contributed by atoms with van der Waals surface area (Å²) in [4.78, 5) is 21.4. The first-order chi connectivity index (χ1) is 8.06. The van der Waals surface area contributed by atoms with Crippen LogP contribution in [0.4, 0.5) is 4.79 Å². The Labute approximate surface area is 102 Å². The summed E-state index contributed by atoms with van der Waals surface area (Å²) < 4.78 is 4.77. The van der Waals surface area contributed by atoms with Gasteiger partial charge in [-0.15, -0.1) is 0 Å². The average molecular weight is 246 g/mol. The molecule has 0 fully saturated rings.